The first-order valence-corrected chi connectivity index (χ1v) is 8.82. The van der Waals surface area contributed by atoms with Gasteiger partial charge in [0.05, 0.1) is 5.92 Å². The Hall–Kier alpha value is -2.63. The maximum Gasteiger partial charge on any atom is 0.227 e. The summed E-state index contributed by atoms with van der Waals surface area (Å²) in [6, 6.07) is 9.88. The number of rotatable bonds is 3. The molecule has 1 aromatic heterocycles. The van der Waals surface area contributed by atoms with Gasteiger partial charge in [-0.1, -0.05) is 18.2 Å². The van der Waals surface area contributed by atoms with Crippen LogP contribution in [-0.4, -0.2) is 41.6 Å². The van der Waals surface area contributed by atoms with Crippen molar-refractivity contribution in [3.8, 4) is 5.75 Å². The smallest absolute Gasteiger partial charge is 0.227 e. The van der Waals surface area contributed by atoms with Crippen molar-refractivity contribution in [1.29, 1.82) is 0 Å². The van der Waals surface area contributed by atoms with Gasteiger partial charge in [0.25, 0.3) is 0 Å². The minimum atomic E-state index is -0.127. The molecule has 1 N–H and O–H groups in total. The van der Waals surface area contributed by atoms with E-state index in [1.54, 1.807) is 12.4 Å². The number of hydrogen-bond donors (Lipinski definition) is 1. The lowest BCUT2D eigenvalue weighted by Crippen LogP contribution is -2.50. The molecule has 3 heterocycles. The van der Waals surface area contributed by atoms with E-state index in [-0.39, 0.29) is 17.9 Å². The van der Waals surface area contributed by atoms with Crippen molar-refractivity contribution in [1.82, 2.24) is 15.3 Å². The van der Waals surface area contributed by atoms with E-state index < -0.39 is 0 Å². The summed E-state index contributed by atoms with van der Waals surface area (Å²) in [5.41, 5.74) is 1.11. The molecule has 2 aliphatic rings. The average molecular weight is 338 g/mol. The van der Waals surface area contributed by atoms with Crippen molar-refractivity contribution in [2.45, 2.75) is 25.3 Å². The number of nitrogens with zero attached hydrogens (tertiary/aromatic N) is 3. The SMILES string of the molecule is O=C(NC1CCCN(c2ncccn2)C1)C1COc2ccccc2C1. The highest BCUT2D eigenvalue weighted by Crippen LogP contribution is 2.27. The molecule has 2 aromatic rings. The summed E-state index contributed by atoms with van der Waals surface area (Å²) in [5.74, 6) is 1.58. The molecule has 1 aromatic carbocycles. The maximum atomic E-state index is 12.7. The minimum Gasteiger partial charge on any atom is -0.492 e. The number of hydrogen-bond acceptors (Lipinski definition) is 5. The van der Waals surface area contributed by atoms with Gasteiger partial charge >= 0.3 is 0 Å². The number of piperidine rings is 1. The van der Waals surface area contributed by atoms with Gasteiger partial charge < -0.3 is 15.0 Å². The van der Waals surface area contributed by atoms with Crippen LogP contribution in [0.1, 0.15) is 18.4 Å². The number of amides is 1. The Morgan fingerprint density at radius 3 is 2.92 bits per heavy atom. The first kappa shape index (κ1) is 15.9. The lowest BCUT2D eigenvalue weighted by molar-refractivity contribution is -0.127. The van der Waals surface area contributed by atoms with E-state index in [4.69, 9.17) is 4.74 Å². The fraction of sp³-hybridized carbons (Fsp3) is 0.421. The Kier molecular flexibility index (Phi) is 4.50. The van der Waals surface area contributed by atoms with Gasteiger partial charge in [-0.05, 0) is 37.0 Å². The minimum absolute atomic E-state index is 0.0790. The van der Waals surface area contributed by atoms with Gasteiger partial charge in [-0.2, -0.15) is 0 Å². The van der Waals surface area contributed by atoms with Gasteiger partial charge in [0.15, 0.2) is 0 Å². The molecular weight excluding hydrogens is 316 g/mol. The first-order chi connectivity index (χ1) is 12.3. The second kappa shape index (κ2) is 7.09. The number of fused-ring (bicyclic) bond motifs is 1. The Balaban J connectivity index is 1.36. The van der Waals surface area contributed by atoms with Crippen molar-refractivity contribution in [3.63, 3.8) is 0 Å². The summed E-state index contributed by atoms with van der Waals surface area (Å²) in [4.78, 5) is 23.4. The Labute approximate surface area is 147 Å². The zero-order valence-corrected chi connectivity index (χ0v) is 14.1. The number of carbonyl (C=O) groups excluding carboxylic acids is 1. The molecule has 6 nitrogen and oxygen atoms in total. The predicted octanol–water partition coefficient (Wildman–Crippen LogP) is 1.81. The zero-order chi connectivity index (χ0) is 17.1. The van der Waals surface area contributed by atoms with Gasteiger partial charge in [-0.15, -0.1) is 0 Å². The number of benzene rings is 1. The van der Waals surface area contributed by atoms with Gasteiger partial charge in [0, 0.05) is 31.5 Å². The van der Waals surface area contributed by atoms with Crippen molar-refractivity contribution >= 4 is 11.9 Å². The lowest BCUT2D eigenvalue weighted by Gasteiger charge is -2.34. The van der Waals surface area contributed by atoms with Crippen LogP contribution < -0.4 is 15.0 Å². The number of aromatic nitrogens is 2. The Bertz CT molecular complexity index is 737. The van der Waals surface area contributed by atoms with Crippen molar-refractivity contribution in [2.24, 2.45) is 5.92 Å². The fourth-order valence-electron chi connectivity index (χ4n) is 3.55. The summed E-state index contributed by atoms with van der Waals surface area (Å²) in [6.45, 7) is 2.12. The largest absolute Gasteiger partial charge is 0.492 e. The monoisotopic (exact) mass is 338 g/mol. The van der Waals surface area contributed by atoms with Crippen LogP contribution in [0.3, 0.4) is 0 Å². The summed E-state index contributed by atoms with van der Waals surface area (Å²) in [5, 5.41) is 3.20. The molecule has 1 amide bonds. The van der Waals surface area contributed by atoms with Crippen molar-refractivity contribution in [2.75, 3.05) is 24.6 Å². The summed E-state index contributed by atoms with van der Waals surface area (Å²) >= 11 is 0. The standard InChI is InChI=1S/C19H22N4O2/c24-18(15-11-14-5-1-2-7-17(14)25-13-15)22-16-6-3-10-23(12-16)19-20-8-4-9-21-19/h1-2,4-5,7-9,15-16H,3,6,10-13H2,(H,22,24). The molecule has 2 atom stereocenters. The fourth-order valence-corrected chi connectivity index (χ4v) is 3.55. The normalized spacial score (nSPS) is 22.6. The van der Waals surface area contributed by atoms with Crippen molar-refractivity contribution in [3.05, 3.63) is 48.3 Å². The molecule has 25 heavy (non-hydrogen) atoms. The van der Waals surface area contributed by atoms with E-state index >= 15 is 0 Å². The summed E-state index contributed by atoms with van der Waals surface area (Å²) in [6.07, 6.45) is 6.25. The van der Waals surface area contributed by atoms with E-state index in [1.807, 2.05) is 30.3 Å². The highest BCUT2D eigenvalue weighted by atomic mass is 16.5. The summed E-state index contributed by atoms with van der Waals surface area (Å²) < 4.78 is 5.75. The van der Waals surface area contributed by atoms with Gasteiger partial charge in [-0.25, -0.2) is 9.97 Å². The van der Waals surface area contributed by atoms with Crippen LogP contribution in [0, 0.1) is 5.92 Å². The Morgan fingerprint density at radius 2 is 2.04 bits per heavy atom. The molecule has 2 unspecified atom stereocenters. The number of nitrogens with one attached hydrogen (secondary N) is 1. The molecule has 0 spiro atoms. The van der Waals surface area contributed by atoms with Crippen LogP contribution in [0.25, 0.3) is 0 Å². The van der Waals surface area contributed by atoms with Gasteiger partial charge in [0.2, 0.25) is 11.9 Å². The third kappa shape index (κ3) is 3.57. The molecule has 0 radical (unpaired) electrons. The zero-order valence-electron chi connectivity index (χ0n) is 14.1. The highest BCUT2D eigenvalue weighted by molar-refractivity contribution is 5.80. The quantitative estimate of drug-likeness (QED) is 0.924. The van der Waals surface area contributed by atoms with E-state index in [9.17, 15) is 4.79 Å². The van der Waals surface area contributed by atoms with Crippen LogP contribution in [-0.2, 0) is 11.2 Å². The second-order valence-electron chi connectivity index (χ2n) is 6.66. The summed E-state index contributed by atoms with van der Waals surface area (Å²) in [7, 11) is 0. The molecule has 130 valence electrons. The molecule has 4 rings (SSSR count). The van der Waals surface area contributed by atoms with Crippen LogP contribution in [0.5, 0.6) is 5.75 Å². The average Bonchev–Trinajstić information content (AvgIpc) is 2.68. The number of carbonyl (C=O) groups is 1. The molecule has 6 heteroatoms. The molecule has 1 fully saturated rings. The molecule has 0 aliphatic carbocycles. The van der Waals surface area contributed by atoms with Gasteiger partial charge in [-0.3, -0.25) is 4.79 Å². The van der Waals surface area contributed by atoms with Crippen LogP contribution >= 0.6 is 0 Å². The third-order valence-electron chi connectivity index (χ3n) is 4.85. The van der Waals surface area contributed by atoms with Gasteiger partial charge in [0.1, 0.15) is 12.4 Å². The van der Waals surface area contributed by atoms with Crippen LogP contribution in [0.15, 0.2) is 42.7 Å². The topological polar surface area (TPSA) is 67.4 Å². The molecule has 1 saturated heterocycles. The van der Waals surface area contributed by atoms with Crippen LogP contribution in [0.4, 0.5) is 5.95 Å². The molecule has 0 bridgehead atoms. The third-order valence-corrected chi connectivity index (χ3v) is 4.85. The Morgan fingerprint density at radius 1 is 1.20 bits per heavy atom. The second-order valence-corrected chi connectivity index (χ2v) is 6.66. The van der Waals surface area contributed by atoms with E-state index in [2.05, 4.69) is 20.2 Å². The van der Waals surface area contributed by atoms with E-state index in [0.717, 1.165) is 49.6 Å². The molecule has 2 aliphatic heterocycles. The van der Waals surface area contributed by atoms with E-state index in [0.29, 0.717) is 6.61 Å². The van der Waals surface area contributed by atoms with Crippen LogP contribution in [0.2, 0.25) is 0 Å². The highest BCUT2D eigenvalue weighted by Gasteiger charge is 2.29. The lowest BCUT2D eigenvalue weighted by atomic mass is 9.95. The predicted molar refractivity (Wildman–Crippen MR) is 94.5 cm³/mol. The number of ether oxygens (including phenoxy) is 1. The first-order valence-electron chi connectivity index (χ1n) is 8.82. The van der Waals surface area contributed by atoms with Crippen molar-refractivity contribution < 1.29 is 9.53 Å². The number of para-hydroxylation sites is 1. The number of anilines is 1. The van der Waals surface area contributed by atoms with E-state index in [1.165, 1.54) is 0 Å². The molecule has 0 saturated carbocycles. The maximum absolute atomic E-state index is 12.7. The molecular formula is C19H22N4O2.